The Morgan fingerprint density at radius 3 is 2.46 bits per heavy atom. The first-order chi connectivity index (χ1) is 23.1. The van der Waals surface area contributed by atoms with Crippen LogP contribution in [0.1, 0.15) is 70.9 Å². The van der Waals surface area contributed by atoms with Gasteiger partial charge in [0.15, 0.2) is 0 Å². The van der Waals surface area contributed by atoms with Gasteiger partial charge in [-0.2, -0.15) is 0 Å². The molecular formula is C37H41N3O6S2. The third-order valence-electron chi connectivity index (χ3n) is 8.13. The van der Waals surface area contributed by atoms with Crippen molar-refractivity contribution in [2.24, 2.45) is 0 Å². The van der Waals surface area contributed by atoms with Gasteiger partial charge in [0, 0.05) is 11.8 Å². The van der Waals surface area contributed by atoms with Crippen molar-refractivity contribution in [3.8, 4) is 5.75 Å². The van der Waals surface area contributed by atoms with Crippen molar-refractivity contribution in [2.45, 2.75) is 75.6 Å². The number of rotatable bonds is 15. The number of imidazole rings is 1. The second-order valence-corrected chi connectivity index (χ2v) is 14.9. The lowest BCUT2D eigenvalue weighted by Gasteiger charge is -2.14. The lowest BCUT2D eigenvalue weighted by atomic mass is 10.1. The van der Waals surface area contributed by atoms with Gasteiger partial charge in [-0.25, -0.2) is 22.2 Å². The highest BCUT2D eigenvalue weighted by atomic mass is 32.2. The highest BCUT2D eigenvalue weighted by Crippen LogP contribution is 2.29. The molecule has 9 nitrogen and oxygen atoms in total. The molecule has 5 rings (SSSR count). The summed E-state index contributed by atoms with van der Waals surface area (Å²) in [5.41, 5.74) is 4.79. The van der Waals surface area contributed by atoms with Crippen molar-refractivity contribution < 1.29 is 26.9 Å². The normalized spacial score (nSPS) is 12.2. The van der Waals surface area contributed by atoms with E-state index in [1.165, 1.54) is 11.6 Å². The van der Waals surface area contributed by atoms with Gasteiger partial charge < -0.3 is 9.47 Å². The average Bonchev–Trinajstić information content (AvgIpc) is 3.48. The zero-order valence-corrected chi connectivity index (χ0v) is 29.4. The quantitative estimate of drug-likeness (QED) is 0.0834. The Morgan fingerprint density at radius 2 is 1.69 bits per heavy atom. The van der Waals surface area contributed by atoms with Crippen molar-refractivity contribution in [1.82, 2.24) is 13.9 Å². The van der Waals surface area contributed by atoms with E-state index in [1.807, 2.05) is 38.1 Å². The van der Waals surface area contributed by atoms with Gasteiger partial charge in [-0.05, 0) is 81.5 Å². The molecule has 5 aromatic rings. The van der Waals surface area contributed by atoms with Crippen molar-refractivity contribution in [2.75, 3.05) is 13.2 Å². The summed E-state index contributed by atoms with van der Waals surface area (Å²) in [6.07, 6.45) is 6.04. The molecule has 1 atom stereocenters. The first kappa shape index (κ1) is 35.0. The van der Waals surface area contributed by atoms with E-state index >= 15 is 0 Å². The molecule has 0 radical (unpaired) electrons. The predicted molar refractivity (Wildman–Crippen MR) is 187 cm³/mol. The molecule has 0 fully saturated rings. The molecule has 0 spiro atoms. The van der Waals surface area contributed by atoms with Crippen LogP contribution in [0.4, 0.5) is 0 Å². The minimum absolute atomic E-state index is 0.0647. The van der Waals surface area contributed by atoms with Gasteiger partial charge in [0.05, 0.1) is 57.0 Å². The van der Waals surface area contributed by atoms with E-state index < -0.39 is 26.8 Å². The van der Waals surface area contributed by atoms with Gasteiger partial charge in [-0.1, -0.05) is 67.8 Å². The molecule has 3 aromatic carbocycles. The fourth-order valence-electron chi connectivity index (χ4n) is 5.32. The number of hydrogen-bond donors (Lipinski definition) is 0. The zero-order valence-electron chi connectivity index (χ0n) is 27.8. The third-order valence-corrected chi connectivity index (χ3v) is 11.3. The molecule has 0 aliphatic carbocycles. The van der Waals surface area contributed by atoms with Gasteiger partial charge in [0.1, 0.15) is 5.75 Å². The van der Waals surface area contributed by atoms with Gasteiger partial charge >= 0.3 is 5.97 Å². The Bertz CT molecular complexity index is 2040. The maximum atomic E-state index is 14.4. The second-order valence-electron chi connectivity index (χ2n) is 11.8. The highest BCUT2D eigenvalue weighted by molar-refractivity contribution is 7.91. The van der Waals surface area contributed by atoms with Gasteiger partial charge in [-0.15, -0.1) is 0 Å². The zero-order chi connectivity index (χ0) is 34.3. The Morgan fingerprint density at radius 1 is 0.917 bits per heavy atom. The van der Waals surface area contributed by atoms with Crippen LogP contribution in [0.15, 0.2) is 89.0 Å². The molecule has 0 saturated carbocycles. The Kier molecular flexibility index (Phi) is 11.4. The standard InChI is InChI=1S/C37H41N3O6S2/c1-5-6-9-22-45-34-20-21-38-32(28(34)4)25-47(42)37-39-31-12-7-8-13-33(31)40(37)48(43,44)35-24-30(19-16-27(35)3)36(41)46-23-10-11-29-17-14-26(2)15-18-29/h7-8,12-21,24H,5-6,9-11,22-23,25H2,1-4H3. The summed E-state index contributed by atoms with van der Waals surface area (Å²) in [6, 6.07) is 21.1. The van der Waals surface area contributed by atoms with E-state index in [1.54, 1.807) is 55.6 Å². The molecule has 0 aliphatic rings. The molecule has 0 N–H and O–H groups in total. The SMILES string of the molecule is CCCCCOc1ccnc(CS(=O)c2nc3ccccc3n2S(=O)(=O)c2cc(C(=O)OCCCc3ccc(C)cc3)ccc2C)c1C. The fraction of sp³-hybridized carbons (Fsp3) is 0.324. The number of nitrogens with zero attached hydrogens (tertiary/aromatic N) is 3. The summed E-state index contributed by atoms with van der Waals surface area (Å²) in [4.78, 5) is 21.9. The lowest BCUT2D eigenvalue weighted by Crippen LogP contribution is -2.19. The number of ether oxygens (including phenoxy) is 2. The van der Waals surface area contributed by atoms with Crippen LogP contribution in [-0.2, 0) is 37.7 Å². The van der Waals surface area contributed by atoms with Crippen molar-refractivity contribution >= 4 is 37.8 Å². The van der Waals surface area contributed by atoms with Crippen molar-refractivity contribution in [1.29, 1.82) is 0 Å². The van der Waals surface area contributed by atoms with Crippen LogP contribution >= 0.6 is 0 Å². The van der Waals surface area contributed by atoms with Gasteiger partial charge in [0.25, 0.3) is 10.0 Å². The third kappa shape index (κ3) is 8.02. The van der Waals surface area contributed by atoms with Crippen LogP contribution < -0.4 is 4.74 Å². The molecule has 2 heterocycles. The second kappa shape index (κ2) is 15.7. The molecule has 252 valence electrons. The van der Waals surface area contributed by atoms with Crippen molar-refractivity contribution in [3.05, 3.63) is 113 Å². The van der Waals surface area contributed by atoms with Gasteiger partial charge in [0.2, 0.25) is 5.16 Å². The van der Waals surface area contributed by atoms with E-state index in [-0.39, 0.29) is 33.5 Å². The number of aromatic nitrogens is 3. The van der Waals surface area contributed by atoms with Crippen LogP contribution in [0.25, 0.3) is 11.0 Å². The van der Waals surface area contributed by atoms with Crippen LogP contribution in [0, 0.1) is 20.8 Å². The van der Waals surface area contributed by atoms with E-state index in [9.17, 15) is 17.4 Å². The van der Waals surface area contributed by atoms with Crippen LogP contribution in [0.3, 0.4) is 0 Å². The number of unbranched alkanes of at least 4 members (excludes halogenated alkanes) is 2. The summed E-state index contributed by atoms with van der Waals surface area (Å²) >= 11 is 0. The molecule has 0 aliphatic heterocycles. The number of pyridine rings is 1. The van der Waals surface area contributed by atoms with E-state index in [0.717, 1.165) is 40.8 Å². The largest absolute Gasteiger partial charge is 0.493 e. The molecule has 0 bridgehead atoms. The number of aryl methyl sites for hydroxylation is 3. The number of benzene rings is 3. The molecule has 1 unspecified atom stereocenters. The molecular weight excluding hydrogens is 647 g/mol. The van der Waals surface area contributed by atoms with Crippen LogP contribution in [0.5, 0.6) is 5.75 Å². The number of hydrogen-bond acceptors (Lipinski definition) is 8. The average molecular weight is 688 g/mol. The summed E-state index contributed by atoms with van der Waals surface area (Å²) < 4.78 is 55.3. The number of fused-ring (bicyclic) bond motifs is 1. The Hall–Kier alpha value is -4.35. The topological polar surface area (TPSA) is 117 Å². The lowest BCUT2D eigenvalue weighted by molar-refractivity contribution is 0.0500. The van der Waals surface area contributed by atoms with E-state index in [4.69, 9.17) is 9.47 Å². The minimum Gasteiger partial charge on any atom is -0.493 e. The molecule has 2 aromatic heterocycles. The number of carbonyl (C=O) groups is 1. The molecule has 0 amide bonds. The van der Waals surface area contributed by atoms with Crippen LogP contribution in [0.2, 0.25) is 0 Å². The maximum Gasteiger partial charge on any atom is 0.338 e. The summed E-state index contributed by atoms with van der Waals surface area (Å²) in [7, 11) is -6.28. The monoisotopic (exact) mass is 687 g/mol. The smallest absolute Gasteiger partial charge is 0.338 e. The van der Waals surface area contributed by atoms with E-state index in [2.05, 4.69) is 16.9 Å². The van der Waals surface area contributed by atoms with Crippen LogP contribution in [-0.4, -0.2) is 45.8 Å². The summed E-state index contributed by atoms with van der Waals surface area (Å²) in [5, 5.41) is -0.129. The Balaban J connectivity index is 1.40. The minimum atomic E-state index is -4.37. The number of carbonyl (C=O) groups excluding carboxylic acids is 1. The number of esters is 1. The molecule has 11 heteroatoms. The predicted octanol–water partition coefficient (Wildman–Crippen LogP) is 7.26. The fourth-order valence-corrected chi connectivity index (χ4v) is 8.63. The first-order valence-corrected chi connectivity index (χ1v) is 18.9. The summed E-state index contributed by atoms with van der Waals surface area (Å²) in [5.74, 6) is -0.0261. The number of para-hydroxylation sites is 2. The van der Waals surface area contributed by atoms with Gasteiger partial charge in [-0.3, -0.25) is 9.19 Å². The summed E-state index contributed by atoms with van der Waals surface area (Å²) in [6.45, 7) is 8.41. The molecule has 0 saturated heterocycles. The maximum absolute atomic E-state index is 14.4. The first-order valence-electron chi connectivity index (χ1n) is 16.1. The van der Waals surface area contributed by atoms with E-state index in [0.29, 0.717) is 35.6 Å². The molecule has 48 heavy (non-hydrogen) atoms. The Labute approximate surface area is 284 Å². The highest BCUT2D eigenvalue weighted by Gasteiger charge is 2.30. The van der Waals surface area contributed by atoms with Crippen molar-refractivity contribution in [3.63, 3.8) is 0 Å².